The molecule has 0 saturated heterocycles. The molecule has 0 aliphatic carbocycles. The molecule has 0 rings (SSSR count). The lowest BCUT2D eigenvalue weighted by molar-refractivity contribution is -0.116. The maximum atomic E-state index is 10.7. The first-order chi connectivity index (χ1) is 6.06. The molecule has 2 heteroatoms. The van der Waals surface area contributed by atoms with E-state index in [1.54, 1.807) is 6.92 Å². The van der Waals surface area contributed by atoms with Crippen LogP contribution in [0.4, 0.5) is 0 Å². The highest BCUT2D eigenvalue weighted by atomic mass is 16.3. The van der Waals surface area contributed by atoms with Crippen LogP contribution in [0.3, 0.4) is 0 Å². The van der Waals surface area contributed by atoms with Crippen molar-refractivity contribution in [3.05, 3.63) is 11.6 Å². The van der Waals surface area contributed by atoms with Crippen molar-refractivity contribution in [1.29, 1.82) is 0 Å². The van der Waals surface area contributed by atoms with Gasteiger partial charge in [-0.3, -0.25) is 0 Å². The van der Waals surface area contributed by atoms with Crippen LogP contribution in [0.5, 0.6) is 0 Å². The third kappa shape index (κ3) is 7.72. The zero-order chi connectivity index (χ0) is 10.3. The minimum absolute atomic E-state index is 0.226. The summed E-state index contributed by atoms with van der Waals surface area (Å²) in [6, 6.07) is 0. The first-order valence-corrected chi connectivity index (χ1v) is 4.89. The van der Waals surface area contributed by atoms with E-state index in [1.807, 2.05) is 19.9 Å². The summed E-state index contributed by atoms with van der Waals surface area (Å²) in [6.07, 6.45) is 4.73. The van der Waals surface area contributed by atoms with Crippen LogP contribution in [0.25, 0.3) is 0 Å². The lowest BCUT2D eigenvalue weighted by Crippen LogP contribution is -2.02. The molecule has 0 radical (unpaired) electrons. The average molecular weight is 184 g/mol. The highest BCUT2D eigenvalue weighted by molar-refractivity contribution is 5.75. The number of carbonyl (C=O) groups excluding carboxylic acids is 1. The third-order valence-corrected chi connectivity index (χ3v) is 2.08. The number of ketones is 1. The zero-order valence-electron chi connectivity index (χ0n) is 8.84. The number of carbonyl (C=O) groups is 1. The molecule has 2 nitrogen and oxygen atoms in total. The van der Waals surface area contributed by atoms with Crippen molar-refractivity contribution in [2.24, 2.45) is 0 Å². The smallest absolute Gasteiger partial charge is 0.130 e. The second-order valence-electron chi connectivity index (χ2n) is 3.55. The van der Waals surface area contributed by atoms with Gasteiger partial charge in [0.25, 0.3) is 0 Å². The Hall–Kier alpha value is -0.630. The second-order valence-corrected chi connectivity index (χ2v) is 3.55. The summed E-state index contributed by atoms with van der Waals surface area (Å²) in [6.45, 7) is 5.57. The normalized spacial score (nSPS) is 14.3. The van der Waals surface area contributed by atoms with E-state index in [9.17, 15) is 9.90 Å². The average Bonchev–Trinajstić information content (AvgIpc) is 2.10. The Bertz CT molecular complexity index is 183. The Morgan fingerprint density at radius 2 is 2.00 bits per heavy atom. The van der Waals surface area contributed by atoms with E-state index < -0.39 is 0 Å². The van der Waals surface area contributed by atoms with Crippen LogP contribution < -0.4 is 0 Å². The lowest BCUT2D eigenvalue weighted by atomic mass is 10.1. The van der Waals surface area contributed by atoms with Gasteiger partial charge in [-0.1, -0.05) is 18.6 Å². The Morgan fingerprint density at radius 1 is 1.38 bits per heavy atom. The number of hydrogen-bond acceptors (Lipinski definition) is 2. The predicted molar refractivity (Wildman–Crippen MR) is 54.6 cm³/mol. The summed E-state index contributed by atoms with van der Waals surface area (Å²) >= 11 is 0. The minimum Gasteiger partial charge on any atom is -0.393 e. The van der Waals surface area contributed by atoms with Gasteiger partial charge in [-0.15, -0.1) is 0 Å². The summed E-state index contributed by atoms with van der Waals surface area (Å²) in [5, 5.41) is 9.27. The van der Waals surface area contributed by atoms with Crippen molar-refractivity contribution in [2.45, 2.75) is 52.6 Å². The van der Waals surface area contributed by atoms with E-state index in [1.165, 1.54) is 5.57 Å². The molecule has 0 bridgehead atoms. The summed E-state index contributed by atoms with van der Waals surface area (Å²) in [5.74, 6) is 0.226. The molecule has 0 amide bonds. The zero-order valence-corrected chi connectivity index (χ0v) is 8.84. The van der Waals surface area contributed by atoms with Crippen LogP contribution in [-0.4, -0.2) is 17.0 Å². The molecule has 76 valence electrons. The van der Waals surface area contributed by atoms with E-state index in [2.05, 4.69) is 0 Å². The maximum Gasteiger partial charge on any atom is 0.130 e. The van der Waals surface area contributed by atoms with Crippen molar-refractivity contribution in [3.63, 3.8) is 0 Å². The summed E-state index contributed by atoms with van der Waals surface area (Å²) in [7, 11) is 0. The standard InChI is InChI=1S/C11H20O2/c1-4-11(13)8-6-9(2)5-7-10(3)12/h6,11,13H,4-5,7-8H2,1-3H3/b9-6+. The molecular weight excluding hydrogens is 164 g/mol. The number of aliphatic hydroxyl groups excluding tert-OH is 1. The van der Waals surface area contributed by atoms with Crippen molar-refractivity contribution < 1.29 is 9.90 Å². The van der Waals surface area contributed by atoms with Crippen molar-refractivity contribution >= 4 is 5.78 Å². The van der Waals surface area contributed by atoms with Crippen LogP contribution in [0, 0.1) is 0 Å². The Kier molecular flexibility index (Phi) is 6.51. The highest BCUT2D eigenvalue weighted by Gasteiger charge is 1.98. The molecule has 1 unspecified atom stereocenters. The molecule has 1 N–H and O–H groups in total. The van der Waals surface area contributed by atoms with Gasteiger partial charge in [-0.25, -0.2) is 0 Å². The molecule has 0 aromatic carbocycles. The fraction of sp³-hybridized carbons (Fsp3) is 0.727. The second kappa shape index (κ2) is 6.84. The Balaban J connectivity index is 3.68. The van der Waals surface area contributed by atoms with E-state index in [4.69, 9.17) is 0 Å². The van der Waals surface area contributed by atoms with Gasteiger partial charge in [-0.05, 0) is 33.1 Å². The van der Waals surface area contributed by atoms with Gasteiger partial charge in [0, 0.05) is 6.42 Å². The quantitative estimate of drug-likeness (QED) is 0.644. The fourth-order valence-corrected chi connectivity index (χ4v) is 0.979. The maximum absolute atomic E-state index is 10.7. The van der Waals surface area contributed by atoms with E-state index in [0.29, 0.717) is 12.8 Å². The number of Topliss-reactive ketones (excluding diaryl/α,β-unsaturated/α-hetero) is 1. The van der Waals surface area contributed by atoms with Crippen LogP contribution in [-0.2, 0) is 4.79 Å². The Morgan fingerprint density at radius 3 is 2.46 bits per heavy atom. The molecule has 0 aliphatic rings. The predicted octanol–water partition coefficient (Wildman–Crippen LogP) is 2.46. The molecule has 0 saturated carbocycles. The largest absolute Gasteiger partial charge is 0.393 e. The third-order valence-electron chi connectivity index (χ3n) is 2.08. The summed E-state index contributed by atoms with van der Waals surface area (Å²) in [4.78, 5) is 10.7. The van der Waals surface area contributed by atoms with Crippen LogP contribution in [0.1, 0.15) is 46.5 Å². The monoisotopic (exact) mass is 184 g/mol. The summed E-state index contributed by atoms with van der Waals surface area (Å²) in [5.41, 5.74) is 1.20. The first-order valence-electron chi connectivity index (χ1n) is 4.89. The number of hydrogen-bond donors (Lipinski definition) is 1. The highest BCUT2D eigenvalue weighted by Crippen LogP contribution is 2.07. The van der Waals surface area contributed by atoms with Gasteiger partial charge in [0.05, 0.1) is 6.10 Å². The first kappa shape index (κ1) is 12.4. The molecule has 13 heavy (non-hydrogen) atoms. The Labute approximate surface area is 80.7 Å². The van der Waals surface area contributed by atoms with Crippen molar-refractivity contribution in [2.75, 3.05) is 0 Å². The van der Waals surface area contributed by atoms with Crippen LogP contribution in [0.2, 0.25) is 0 Å². The minimum atomic E-state index is -0.229. The van der Waals surface area contributed by atoms with Crippen molar-refractivity contribution in [1.82, 2.24) is 0 Å². The van der Waals surface area contributed by atoms with Gasteiger partial charge in [0.2, 0.25) is 0 Å². The number of aliphatic hydroxyl groups is 1. The van der Waals surface area contributed by atoms with Gasteiger partial charge < -0.3 is 9.90 Å². The van der Waals surface area contributed by atoms with Crippen molar-refractivity contribution in [3.8, 4) is 0 Å². The molecule has 1 atom stereocenters. The van der Waals surface area contributed by atoms with Crippen LogP contribution >= 0.6 is 0 Å². The topological polar surface area (TPSA) is 37.3 Å². The summed E-state index contributed by atoms with van der Waals surface area (Å²) < 4.78 is 0. The SMILES string of the molecule is CCC(O)C/C=C(\C)CCC(C)=O. The van der Waals surface area contributed by atoms with Gasteiger partial charge in [0.1, 0.15) is 5.78 Å². The van der Waals surface area contributed by atoms with Gasteiger partial charge >= 0.3 is 0 Å². The molecule has 0 heterocycles. The van der Waals surface area contributed by atoms with Gasteiger partial charge in [-0.2, -0.15) is 0 Å². The molecular formula is C11H20O2. The number of rotatable bonds is 6. The lowest BCUT2D eigenvalue weighted by Gasteiger charge is -2.04. The number of allylic oxidation sites excluding steroid dienone is 1. The molecule has 0 aromatic rings. The van der Waals surface area contributed by atoms with E-state index in [-0.39, 0.29) is 11.9 Å². The van der Waals surface area contributed by atoms with E-state index >= 15 is 0 Å². The fourth-order valence-electron chi connectivity index (χ4n) is 0.979. The van der Waals surface area contributed by atoms with Crippen LogP contribution in [0.15, 0.2) is 11.6 Å². The van der Waals surface area contributed by atoms with Gasteiger partial charge in [0.15, 0.2) is 0 Å². The molecule has 0 aliphatic heterocycles. The molecule has 0 fully saturated rings. The molecule has 0 aromatic heterocycles. The molecule has 0 spiro atoms. The van der Waals surface area contributed by atoms with E-state index in [0.717, 1.165) is 12.8 Å².